The van der Waals surface area contributed by atoms with Gasteiger partial charge in [0.2, 0.25) is 100 Å². The molecule has 0 unspecified atom stereocenters. The van der Waals surface area contributed by atoms with Gasteiger partial charge in [-0.3, -0.25) is 91.3 Å². The lowest BCUT2D eigenvalue weighted by atomic mass is 10.0. The third-order valence-electron chi connectivity index (χ3n) is 18.9. The summed E-state index contributed by atoms with van der Waals surface area (Å²) in [6.07, 6.45) is -0.102. The minimum Gasteiger partial charge on any atom is -0.481 e. The van der Waals surface area contributed by atoms with Gasteiger partial charge < -0.3 is 189 Å². The zero-order valence-electron chi connectivity index (χ0n) is 83.4. The zero-order chi connectivity index (χ0) is 108. The Bertz CT molecular complexity index is 3990. The summed E-state index contributed by atoms with van der Waals surface area (Å²) in [7, 11) is 1.90. The van der Waals surface area contributed by atoms with Crippen LogP contribution in [0.15, 0.2) is 35.3 Å². The van der Waals surface area contributed by atoms with Crippen LogP contribution in [0.2, 0.25) is 0 Å². The lowest BCUT2D eigenvalue weighted by Crippen LogP contribution is -2.60. The van der Waals surface area contributed by atoms with Gasteiger partial charge in [0.05, 0.1) is 177 Å². The fourth-order valence-corrected chi connectivity index (χ4v) is 15.0. The van der Waals surface area contributed by atoms with Crippen LogP contribution in [0.5, 0.6) is 0 Å². The van der Waals surface area contributed by atoms with E-state index in [4.69, 9.17) is 98.7 Å². The number of carboxylic acid groups (broad SMARTS) is 1. The molecule has 17 amide bonds. The van der Waals surface area contributed by atoms with Gasteiger partial charge in [-0.05, 0) is 51.1 Å². The Morgan fingerprint density at radius 2 is 0.735 bits per heavy atom. The zero-order valence-corrected chi connectivity index (χ0v) is 85.9. The van der Waals surface area contributed by atoms with Crippen molar-refractivity contribution < 1.29 is 167 Å². The van der Waals surface area contributed by atoms with Crippen LogP contribution >= 0.6 is 33.3 Å². The van der Waals surface area contributed by atoms with Crippen LogP contribution in [-0.4, -0.2) is 466 Å². The SMILES string of the molecule is CC(=O)NCCOCCOCCOCCNC(=O)COCC(=O)NCCOCCOCCOCCNC(=O)COCC(=O)NCCOCCOCCOCCNC(=O)COCC(N)=O.CCOCC(=O)NCCOCCOCCOCCNC(=O)[C@@H]1CSCC(=O)N[C@@H](CCCCN)C(=O)N[C@H]2CSSC[C@H](NC(=O)[C@H](CC(=O)O)NC(=O)CNC(=O)[C@H](CCCN=C(N)N)NC2=O)C(=O)N[C@@H](Cc2ccccc2)C(=O)N1. The van der Waals surface area contributed by atoms with Crippen LogP contribution in [0, 0.1) is 0 Å². The molecule has 2 aliphatic heterocycles. The highest BCUT2D eigenvalue weighted by atomic mass is 33.1. The number of nitrogens with one attached hydrogen (secondary N) is 16. The summed E-state index contributed by atoms with van der Waals surface area (Å²) < 4.78 is 84.9. The fraction of sp³-hybridized carbons (Fsp3) is 0.716. The van der Waals surface area contributed by atoms with Gasteiger partial charge in [0.1, 0.15) is 88.5 Å². The van der Waals surface area contributed by atoms with E-state index in [2.05, 4.69) is 90.1 Å². The van der Waals surface area contributed by atoms with Crippen LogP contribution in [0.4, 0.5) is 0 Å². The van der Waals surface area contributed by atoms with Gasteiger partial charge in [-0.1, -0.05) is 51.9 Å². The molecule has 0 aromatic heterocycles. The molecule has 836 valence electrons. The third-order valence-corrected chi connectivity index (χ3v) is 22.4. The predicted molar refractivity (Wildman–Crippen MR) is 532 cm³/mol. The summed E-state index contributed by atoms with van der Waals surface area (Å²) in [5.74, 6) is -13.5. The summed E-state index contributed by atoms with van der Waals surface area (Å²) in [4.78, 5) is 234. The summed E-state index contributed by atoms with van der Waals surface area (Å²) in [5, 5.41) is 51.3. The van der Waals surface area contributed by atoms with Crippen molar-refractivity contribution >= 4 is 146 Å². The molecule has 56 nitrogen and oxygen atoms in total. The van der Waals surface area contributed by atoms with Gasteiger partial charge in [0, 0.05) is 96.1 Å². The third kappa shape index (κ3) is 76.5. The molecule has 2 bridgehead atoms. The van der Waals surface area contributed by atoms with E-state index >= 15 is 0 Å². The van der Waals surface area contributed by atoms with Gasteiger partial charge in [-0.2, -0.15) is 0 Å². The molecule has 2 aliphatic rings. The summed E-state index contributed by atoms with van der Waals surface area (Å²) in [6.45, 7) is 10.6. The summed E-state index contributed by atoms with van der Waals surface area (Å²) >= 11 is 0.942. The molecule has 0 aliphatic carbocycles. The van der Waals surface area contributed by atoms with Gasteiger partial charge in [0.25, 0.3) is 0 Å². The molecule has 2 fully saturated rings. The van der Waals surface area contributed by atoms with E-state index in [1.54, 1.807) is 37.3 Å². The first-order valence-corrected chi connectivity index (χ1v) is 51.5. The number of carbonyl (C=O) groups excluding carboxylic acids is 17. The topological polar surface area (TPSA) is 784 Å². The smallest absolute Gasteiger partial charge is 0.305 e. The van der Waals surface area contributed by atoms with E-state index < -0.39 is 132 Å². The molecule has 59 heteroatoms. The van der Waals surface area contributed by atoms with Crippen molar-refractivity contribution in [3.05, 3.63) is 35.9 Å². The lowest BCUT2D eigenvalue weighted by molar-refractivity contribution is -0.141. The maximum Gasteiger partial charge on any atom is 0.305 e. The van der Waals surface area contributed by atoms with E-state index in [9.17, 15) is 91.4 Å². The quantitative estimate of drug-likeness (QED) is 0.0125. The van der Waals surface area contributed by atoms with Crippen molar-refractivity contribution in [2.24, 2.45) is 27.9 Å². The molecule has 0 radical (unpaired) electrons. The number of hydrogen-bond acceptors (Lipinski definition) is 39. The number of aliphatic carboxylic acids is 1. The summed E-state index contributed by atoms with van der Waals surface area (Å²) in [5.41, 5.74) is 22.2. The predicted octanol–water partition coefficient (Wildman–Crippen LogP) is -10.8. The second kappa shape index (κ2) is 89.3. The van der Waals surface area contributed by atoms with Gasteiger partial charge >= 0.3 is 5.97 Å². The lowest BCUT2D eigenvalue weighted by Gasteiger charge is -2.27. The monoisotopic (exact) mass is 2160 g/mol. The average molecular weight is 2160 g/mol. The Kier molecular flexibility index (Phi) is 80.4. The van der Waals surface area contributed by atoms with Gasteiger partial charge in [-0.15, -0.1) is 11.8 Å². The first kappa shape index (κ1) is 132. The number of nitrogens with zero attached hydrogens (tertiary/aromatic N) is 1. The maximum absolute atomic E-state index is 14.5. The highest BCUT2D eigenvalue weighted by molar-refractivity contribution is 8.76. The molecule has 25 N–H and O–H groups in total. The minimum absolute atomic E-state index is 0.0233. The van der Waals surface area contributed by atoms with Crippen molar-refractivity contribution in [1.82, 2.24) is 85.1 Å². The maximum atomic E-state index is 14.5. The van der Waals surface area contributed by atoms with E-state index in [1.807, 2.05) is 0 Å². The van der Waals surface area contributed by atoms with Gasteiger partial charge in [-0.25, -0.2) is 0 Å². The van der Waals surface area contributed by atoms with Crippen molar-refractivity contribution in [3.8, 4) is 0 Å². The molecule has 0 saturated carbocycles. The Balaban J connectivity index is 0.00000103. The Morgan fingerprint density at radius 3 is 1.12 bits per heavy atom. The number of aliphatic imine (C=N–C) groups is 1. The average Bonchev–Trinajstić information content (AvgIpc) is 1.60. The normalized spacial score (nSPS) is 17.2. The molecule has 0 spiro atoms. The van der Waals surface area contributed by atoms with E-state index in [-0.39, 0.29) is 249 Å². The van der Waals surface area contributed by atoms with Crippen molar-refractivity contribution in [1.29, 1.82) is 0 Å². The Hall–Kier alpha value is -10.7. The second-order valence-electron chi connectivity index (χ2n) is 31.2. The number of thioether (sulfide) groups is 1. The first-order valence-electron chi connectivity index (χ1n) is 47.9. The highest BCUT2D eigenvalue weighted by Crippen LogP contribution is 2.24. The molecule has 3 rings (SSSR count). The molecule has 147 heavy (non-hydrogen) atoms. The number of guanidine groups is 1. The highest BCUT2D eigenvalue weighted by Gasteiger charge is 2.36. The van der Waals surface area contributed by atoms with Crippen LogP contribution < -0.4 is 108 Å². The number of unbranched alkanes of at least 4 members (excludes halogenated alkanes) is 1. The number of carbonyl (C=O) groups is 18. The summed E-state index contributed by atoms with van der Waals surface area (Å²) in [6, 6.07) is -1.60. The fourth-order valence-electron chi connectivity index (χ4n) is 11.8. The number of hydrogen-bond donors (Lipinski definition) is 21. The Labute approximate surface area is 865 Å². The molecule has 1 aromatic rings. The van der Waals surface area contributed by atoms with Crippen LogP contribution in [0.25, 0.3) is 0 Å². The number of amides is 17. The molecule has 7 atom stereocenters. The minimum atomic E-state index is -1.79. The van der Waals surface area contributed by atoms with Gasteiger partial charge in [0.15, 0.2) is 5.96 Å². The standard InChI is InChI=1S/C50H80N14O16S3.C38H71N7O19/c1-2-77-26-40(66)54-15-17-78-19-21-80-22-20-79-18-16-55-44(71)36-27-81-30-41(67)58-33(11-6-7-13-51)45(72)63-37-28-82-83-29-38(49(76)61-34(46(73)62-36)23-31-9-4-3-5-10-31)64-47(74)35(24-42(68)69)59-39(65)25-57-43(70)32(60-48(37)75)12-8-14-56-50(52)53;1-32(46)40-2-8-53-14-20-59-21-15-55-10-4-42-35(49)28-63-29-36(50)44-6-12-57-18-24-61-25-19-58-13-7-45-38(52)31-64-30-37(51)43-5-11-56-17-23-60-22-16-54-9-3-41-34(48)27-62-26-33(39)47/h3-5,9-10,32-38H,2,6-8,11-30,51H2,1H3,(H,54,66)(H,55,71)(H,57,70)(H,58,67)(H,59,65)(H,60,75)(H,61,76)(H,62,73)(H,63,72)(H,64,74)(H,68,69)(H4,52,53,56);2-31H2,1H3,(H2,39,47)(H,40,46)(H,41,48)(H,42,49)(H,43,51)(H,44,50)(H,45,52)/t32-,33-,34-,35-,36-,37-,38-;/m0./s1. The molecular weight excluding hydrogens is 2010 g/mol. The molecule has 1 aromatic carbocycles. The number of benzene rings is 1. The number of carboxylic acids is 1. The van der Waals surface area contributed by atoms with Crippen LogP contribution in [0.3, 0.4) is 0 Å². The van der Waals surface area contributed by atoms with Crippen LogP contribution in [0.1, 0.15) is 57.9 Å². The van der Waals surface area contributed by atoms with E-state index in [0.717, 1.165) is 33.3 Å². The van der Waals surface area contributed by atoms with E-state index in [1.165, 1.54) is 6.92 Å². The second-order valence-corrected chi connectivity index (χ2v) is 34.8. The molecular formula is C88H151N21O35S3. The number of rotatable bonds is 76. The number of primary amides is 1. The molecule has 2 heterocycles. The van der Waals surface area contributed by atoms with Crippen molar-refractivity contribution in [2.45, 2.75) is 101 Å². The number of fused-ring (bicyclic) bond motifs is 5. The van der Waals surface area contributed by atoms with Crippen molar-refractivity contribution in [2.75, 3.05) is 306 Å². The molecule has 2 saturated heterocycles. The van der Waals surface area contributed by atoms with Crippen molar-refractivity contribution in [3.63, 3.8) is 0 Å². The number of nitrogens with two attached hydrogens (primary N) is 4. The number of ether oxygens (including phenoxy) is 16. The Morgan fingerprint density at radius 1 is 0.381 bits per heavy atom. The van der Waals surface area contributed by atoms with Crippen LogP contribution in [-0.2, 0) is 169 Å². The largest absolute Gasteiger partial charge is 0.481 e. The van der Waals surface area contributed by atoms with E-state index in [0.29, 0.717) is 131 Å². The first-order chi connectivity index (χ1) is 71.0.